The topological polar surface area (TPSA) is 103 Å². The largest absolute Gasteiger partial charge is 0.605 e. The maximum atomic E-state index is 13.4. The molecule has 0 N–H and O–H groups in total. The van der Waals surface area contributed by atoms with E-state index in [1.165, 1.54) is 33.7 Å². The Morgan fingerprint density at radius 2 is 1.83 bits per heavy atom. The van der Waals surface area contributed by atoms with E-state index in [0.29, 0.717) is 33.1 Å². The fourth-order valence-electron chi connectivity index (χ4n) is 3.01. The number of carbonyl (C=O) groups excluding carboxylic acids is 1. The van der Waals surface area contributed by atoms with E-state index in [-0.39, 0.29) is 17.2 Å². The number of methoxy groups -OCH3 is 2. The summed E-state index contributed by atoms with van der Waals surface area (Å²) in [5.41, 5.74) is 0. The summed E-state index contributed by atoms with van der Waals surface area (Å²) >= 11 is -1.64. The van der Waals surface area contributed by atoms with E-state index in [1.54, 1.807) is 24.3 Å². The van der Waals surface area contributed by atoms with Gasteiger partial charge in [0.05, 0.1) is 26.2 Å². The number of hydrogen-bond acceptors (Lipinski definition) is 8. The summed E-state index contributed by atoms with van der Waals surface area (Å²) in [7, 11) is 2.91. The zero-order valence-corrected chi connectivity index (χ0v) is 17.9. The molecule has 1 aromatic heterocycles. The summed E-state index contributed by atoms with van der Waals surface area (Å²) in [6, 6.07) is 6.76. The van der Waals surface area contributed by atoms with E-state index < -0.39 is 17.1 Å². The van der Waals surface area contributed by atoms with Gasteiger partial charge in [0.15, 0.2) is 16.4 Å². The van der Waals surface area contributed by atoms with Gasteiger partial charge in [-0.15, -0.1) is 0 Å². The van der Waals surface area contributed by atoms with E-state index in [2.05, 4.69) is 9.97 Å². The molecular weight excluding hydrogens is 408 g/mol. The smallest absolute Gasteiger partial charge is 0.308 e. The van der Waals surface area contributed by atoms with Crippen LogP contribution in [-0.2, 0) is 16.0 Å². The first-order valence-corrected chi connectivity index (χ1v) is 10.4. The predicted octanol–water partition coefficient (Wildman–Crippen LogP) is 3.53. The van der Waals surface area contributed by atoms with Crippen LogP contribution in [0.3, 0.4) is 0 Å². The molecular formula is C21H22N2O6S. The Morgan fingerprint density at radius 1 is 1.10 bits per heavy atom. The lowest BCUT2D eigenvalue weighted by Crippen LogP contribution is -2.10. The summed E-state index contributed by atoms with van der Waals surface area (Å²) in [4.78, 5) is 20.2. The van der Waals surface area contributed by atoms with E-state index in [9.17, 15) is 9.35 Å². The van der Waals surface area contributed by atoms with Crippen LogP contribution in [-0.4, -0.2) is 41.3 Å². The molecule has 0 bridgehead atoms. The molecule has 158 valence electrons. The maximum Gasteiger partial charge on any atom is 0.308 e. The molecule has 0 amide bonds. The molecule has 0 fully saturated rings. The van der Waals surface area contributed by atoms with Gasteiger partial charge in [0, 0.05) is 35.7 Å². The van der Waals surface area contributed by atoms with Crippen LogP contribution in [0.4, 0.5) is 0 Å². The number of hydrogen-bond donors (Lipinski definition) is 0. The van der Waals surface area contributed by atoms with Crippen LogP contribution in [0, 0.1) is 0 Å². The van der Waals surface area contributed by atoms with Crippen LogP contribution in [0.25, 0.3) is 10.8 Å². The fourth-order valence-corrected chi connectivity index (χ4v) is 4.15. The van der Waals surface area contributed by atoms with Gasteiger partial charge >= 0.3 is 5.97 Å². The Hall–Kier alpha value is -3.04. The Balaban J connectivity index is 2.40. The van der Waals surface area contributed by atoms with Crippen molar-refractivity contribution in [2.45, 2.75) is 30.2 Å². The molecule has 0 saturated carbocycles. The Kier molecular flexibility index (Phi) is 6.96. The molecule has 1 atom stereocenters. The third-order valence-electron chi connectivity index (χ3n) is 4.17. The summed E-state index contributed by atoms with van der Waals surface area (Å²) in [6.07, 6.45) is 3.60. The number of fused-ring (bicyclic) bond motifs is 1. The number of benzene rings is 2. The lowest BCUT2D eigenvalue weighted by molar-refractivity contribution is -0.131. The van der Waals surface area contributed by atoms with Gasteiger partial charge in [0.2, 0.25) is 11.5 Å². The molecule has 0 aliphatic carbocycles. The van der Waals surface area contributed by atoms with Crippen molar-refractivity contribution in [1.29, 1.82) is 0 Å². The van der Waals surface area contributed by atoms with Crippen LogP contribution in [0.5, 0.6) is 23.0 Å². The van der Waals surface area contributed by atoms with E-state index in [4.69, 9.17) is 18.9 Å². The SMILES string of the molecule is CCCOc1c(OC)c(OC)c(OC(C)=O)c2cccc([S+]([O-])c3ccncn3)c12. The van der Waals surface area contributed by atoms with E-state index in [1.807, 2.05) is 6.92 Å². The van der Waals surface area contributed by atoms with Gasteiger partial charge in [0.25, 0.3) is 5.03 Å². The third kappa shape index (κ3) is 4.12. The minimum atomic E-state index is -1.64. The molecule has 8 nitrogen and oxygen atoms in total. The highest BCUT2D eigenvalue weighted by atomic mass is 32.2. The Bertz CT molecular complexity index is 1040. The third-order valence-corrected chi connectivity index (χ3v) is 5.53. The second-order valence-electron chi connectivity index (χ2n) is 6.16. The quantitative estimate of drug-likeness (QED) is 0.231. The molecule has 3 rings (SSSR count). The van der Waals surface area contributed by atoms with Crippen molar-refractivity contribution in [3.63, 3.8) is 0 Å². The highest BCUT2D eigenvalue weighted by molar-refractivity contribution is 7.91. The average Bonchev–Trinajstić information content (AvgIpc) is 2.77. The molecule has 9 heteroatoms. The van der Waals surface area contributed by atoms with Crippen molar-refractivity contribution < 1.29 is 28.3 Å². The van der Waals surface area contributed by atoms with Gasteiger partial charge in [-0.3, -0.25) is 4.79 Å². The first kappa shape index (κ1) is 21.7. The number of aromatic nitrogens is 2. The molecule has 3 aromatic rings. The van der Waals surface area contributed by atoms with Gasteiger partial charge in [-0.05, 0) is 18.6 Å². The molecule has 2 aromatic carbocycles. The van der Waals surface area contributed by atoms with Crippen LogP contribution in [0.15, 0.2) is 46.7 Å². The first-order chi connectivity index (χ1) is 14.5. The summed E-state index contributed by atoms with van der Waals surface area (Å²) in [5, 5.41) is 1.34. The minimum Gasteiger partial charge on any atom is -0.605 e. The monoisotopic (exact) mass is 430 g/mol. The molecule has 0 aliphatic heterocycles. The lowest BCUT2D eigenvalue weighted by Gasteiger charge is -2.21. The number of ether oxygens (including phenoxy) is 4. The molecule has 1 heterocycles. The molecule has 0 aliphatic rings. The molecule has 0 spiro atoms. The van der Waals surface area contributed by atoms with E-state index in [0.717, 1.165) is 6.42 Å². The van der Waals surface area contributed by atoms with Crippen LogP contribution in [0.2, 0.25) is 0 Å². The van der Waals surface area contributed by atoms with Gasteiger partial charge in [-0.1, -0.05) is 13.0 Å². The fraction of sp³-hybridized carbons (Fsp3) is 0.286. The number of nitrogens with zero attached hydrogens (tertiary/aromatic N) is 2. The van der Waals surface area contributed by atoms with Crippen LogP contribution in [0.1, 0.15) is 20.3 Å². The van der Waals surface area contributed by atoms with E-state index >= 15 is 0 Å². The van der Waals surface area contributed by atoms with Gasteiger partial charge in [-0.2, -0.15) is 4.98 Å². The number of rotatable bonds is 8. The summed E-state index contributed by atoms with van der Waals surface area (Å²) in [6.45, 7) is 3.66. The second kappa shape index (κ2) is 9.64. The Morgan fingerprint density at radius 3 is 2.43 bits per heavy atom. The van der Waals surface area contributed by atoms with Gasteiger partial charge < -0.3 is 23.5 Å². The van der Waals surface area contributed by atoms with Crippen molar-refractivity contribution in [2.24, 2.45) is 0 Å². The molecule has 0 radical (unpaired) electrons. The lowest BCUT2D eigenvalue weighted by atomic mass is 10.1. The minimum absolute atomic E-state index is 0.169. The Labute approximate surface area is 177 Å². The van der Waals surface area contributed by atoms with Crippen molar-refractivity contribution in [3.05, 3.63) is 36.8 Å². The first-order valence-electron chi connectivity index (χ1n) is 9.23. The highest BCUT2D eigenvalue weighted by Crippen LogP contribution is 2.53. The van der Waals surface area contributed by atoms with Crippen molar-refractivity contribution >= 4 is 27.9 Å². The standard InChI is InChI=1S/C21H22N2O6S/c1-5-11-28-19-17-14(18(29-13(2)24)20(26-3)21(19)27-4)7-6-8-15(17)30(25)16-9-10-22-12-23-16/h6-10,12H,5,11H2,1-4H3. The van der Waals surface area contributed by atoms with Crippen molar-refractivity contribution in [2.75, 3.05) is 20.8 Å². The van der Waals surface area contributed by atoms with Crippen molar-refractivity contribution in [3.8, 4) is 23.0 Å². The van der Waals surface area contributed by atoms with Crippen LogP contribution < -0.4 is 18.9 Å². The highest BCUT2D eigenvalue weighted by Gasteiger charge is 2.30. The summed E-state index contributed by atoms with van der Waals surface area (Å²) in [5.74, 6) is 0.474. The number of carbonyl (C=O) groups is 1. The van der Waals surface area contributed by atoms with Gasteiger partial charge in [-0.25, -0.2) is 4.98 Å². The number of esters is 1. The normalized spacial score (nSPS) is 11.8. The zero-order chi connectivity index (χ0) is 21.7. The zero-order valence-electron chi connectivity index (χ0n) is 17.1. The summed E-state index contributed by atoms with van der Waals surface area (Å²) < 4.78 is 35.9. The van der Waals surface area contributed by atoms with Crippen LogP contribution >= 0.6 is 0 Å². The van der Waals surface area contributed by atoms with Gasteiger partial charge in [0.1, 0.15) is 6.33 Å². The molecule has 30 heavy (non-hydrogen) atoms. The maximum absolute atomic E-state index is 13.4. The molecule has 1 unspecified atom stereocenters. The van der Waals surface area contributed by atoms with Crippen molar-refractivity contribution in [1.82, 2.24) is 9.97 Å². The second-order valence-corrected chi connectivity index (χ2v) is 7.56. The molecule has 0 saturated heterocycles. The predicted molar refractivity (Wildman–Crippen MR) is 111 cm³/mol. The average molecular weight is 430 g/mol.